The highest BCUT2D eigenvalue weighted by Crippen LogP contribution is 2.21. The van der Waals surface area contributed by atoms with Crippen LogP contribution in [0.5, 0.6) is 0 Å². The maximum absolute atomic E-state index is 12.9. The van der Waals surface area contributed by atoms with E-state index in [0.29, 0.717) is 24.7 Å². The Bertz CT molecular complexity index is 910. The lowest BCUT2D eigenvalue weighted by molar-refractivity contribution is -0.116. The highest BCUT2D eigenvalue weighted by molar-refractivity contribution is 7.99. The zero-order valence-corrected chi connectivity index (χ0v) is 17.2. The second-order valence-corrected chi connectivity index (χ2v) is 7.66. The SMILES string of the molecule is CCCCN(C(=O)CSc1ncccn1)c1c(N)n(CC(C)C)c(=O)[nH]c1=O. The van der Waals surface area contributed by atoms with Crippen LogP contribution in [0.15, 0.2) is 33.2 Å². The molecule has 152 valence electrons. The molecular weight excluding hydrogens is 380 g/mol. The molecule has 0 atom stereocenters. The molecule has 0 aromatic carbocycles. The molecule has 0 radical (unpaired) electrons. The lowest BCUT2D eigenvalue weighted by Crippen LogP contribution is -2.42. The van der Waals surface area contributed by atoms with E-state index >= 15 is 0 Å². The molecule has 28 heavy (non-hydrogen) atoms. The second-order valence-electron chi connectivity index (χ2n) is 6.72. The van der Waals surface area contributed by atoms with Crippen LogP contribution >= 0.6 is 11.8 Å². The Kier molecular flexibility index (Phi) is 7.80. The van der Waals surface area contributed by atoms with Crippen LogP contribution in [0.1, 0.15) is 33.6 Å². The van der Waals surface area contributed by atoms with Crippen LogP contribution in [0.4, 0.5) is 11.5 Å². The first-order chi connectivity index (χ1) is 13.3. The molecular formula is C18H26N6O3S. The Morgan fingerprint density at radius 2 is 2.00 bits per heavy atom. The summed E-state index contributed by atoms with van der Waals surface area (Å²) in [6, 6.07) is 1.69. The summed E-state index contributed by atoms with van der Waals surface area (Å²) in [6.45, 7) is 6.54. The van der Waals surface area contributed by atoms with Crippen LogP contribution in [-0.4, -0.2) is 37.7 Å². The largest absolute Gasteiger partial charge is 0.383 e. The number of carbonyl (C=O) groups excluding carboxylic acids is 1. The van der Waals surface area contributed by atoms with Crippen molar-refractivity contribution in [3.05, 3.63) is 39.3 Å². The first-order valence-corrected chi connectivity index (χ1v) is 10.2. The van der Waals surface area contributed by atoms with E-state index in [1.807, 2.05) is 20.8 Å². The maximum Gasteiger partial charge on any atom is 0.330 e. The molecule has 2 aromatic rings. The van der Waals surface area contributed by atoms with Crippen molar-refractivity contribution in [2.24, 2.45) is 5.92 Å². The van der Waals surface area contributed by atoms with Crippen LogP contribution < -0.4 is 21.9 Å². The molecule has 3 N–H and O–H groups in total. The van der Waals surface area contributed by atoms with Crippen molar-refractivity contribution < 1.29 is 4.79 Å². The maximum atomic E-state index is 12.9. The number of carbonyl (C=O) groups is 1. The standard InChI is InChI=1S/C18H26N6O3S/c1-4-5-9-23(13(25)11-28-17-20-7-6-8-21-17)14-15(19)24(10-12(2)3)18(27)22-16(14)26/h6-8,12H,4-5,9-11,19H2,1-3H3,(H,22,26,27). The average Bonchev–Trinajstić information content (AvgIpc) is 2.66. The first-order valence-electron chi connectivity index (χ1n) is 9.17. The van der Waals surface area contributed by atoms with Crippen molar-refractivity contribution in [1.29, 1.82) is 0 Å². The van der Waals surface area contributed by atoms with Gasteiger partial charge in [0.1, 0.15) is 5.82 Å². The minimum absolute atomic E-state index is 0.00728. The van der Waals surface area contributed by atoms with Crippen molar-refractivity contribution in [2.45, 2.75) is 45.3 Å². The quantitative estimate of drug-likeness (QED) is 0.477. The second kappa shape index (κ2) is 10.1. The van der Waals surface area contributed by atoms with Crippen LogP contribution in [-0.2, 0) is 11.3 Å². The Hall–Kier alpha value is -2.62. The fraction of sp³-hybridized carbons (Fsp3) is 0.500. The van der Waals surface area contributed by atoms with E-state index in [1.54, 1.807) is 18.5 Å². The number of rotatable bonds is 9. The van der Waals surface area contributed by atoms with Crippen LogP contribution in [0, 0.1) is 5.92 Å². The summed E-state index contributed by atoms with van der Waals surface area (Å²) >= 11 is 1.18. The van der Waals surface area contributed by atoms with Gasteiger partial charge >= 0.3 is 5.69 Å². The molecule has 0 saturated heterocycles. The van der Waals surface area contributed by atoms with Crippen molar-refractivity contribution in [1.82, 2.24) is 19.5 Å². The number of unbranched alkanes of at least 4 members (excludes halogenated alkanes) is 1. The summed E-state index contributed by atoms with van der Waals surface area (Å²) in [4.78, 5) is 49.4. The topological polar surface area (TPSA) is 127 Å². The van der Waals surface area contributed by atoms with Gasteiger partial charge in [0.05, 0.1) is 5.75 Å². The van der Waals surface area contributed by atoms with E-state index in [2.05, 4.69) is 15.0 Å². The van der Waals surface area contributed by atoms with Gasteiger partial charge in [-0.1, -0.05) is 39.0 Å². The summed E-state index contributed by atoms with van der Waals surface area (Å²) in [7, 11) is 0. The normalized spacial score (nSPS) is 11.0. The molecule has 1 amide bonds. The van der Waals surface area contributed by atoms with Gasteiger partial charge in [0.2, 0.25) is 5.91 Å². The molecule has 2 rings (SSSR count). The van der Waals surface area contributed by atoms with Crippen LogP contribution in [0.25, 0.3) is 0 Å². The van der Waals surface area contributed by atoms with Gasteiger partial charge in [-0.15, -0.1) is 0 Å². The zero-order chi connectivity index (χ0) is 20.7. The number of hydrogen-bond donors (Lipinski definition) is 2. The summed E-state index contributed by atoms with van der Waals surface area (Å²) in [5, 5.41) is 0.470. The Labute approximate surface area is 167 Å². The third kappa shape index (κ3) is 5.44. The minimum atomic E-state index is -0.659. The highest BCUT2D eigenvalue weighted by Gasteiger charge is 2.24. The molecule has 0 unspecified atom stereocenters. The number of nitrogen functional groups attached to an aromatic ring is 1. The molecule has 2 heterocycles. The minimum Gasteiger partial charge on any atom is -0.383 e. The molecule has 0 aliphatic rings. The third-order valence-electron chi connectivity index (χ3n) is 3.93. The Morgan fingerprint density at radius 3 is 2.61 bits per heavy atom. The van der Waals surface area contributed by atoms with E-state index in [-0.39, 0.29) is 29.1 Å². The molecule has 9 nitrogen and oxygen atoms in total. The number of aromatic nitrogens is 4. The van der Waals surface area contributed by atoms with Gasteiger partial charge in [0, 0.05) is 25.5 Å². The molecule has 10 heteroatoms. The van der Waals surface area contributed by atoms with Crippen molar-refractivity contribution in [3.63, 3.8) is 0 Å². The Balaban J connectivity index is 2.37. The lowest BCUT2D eigenvalue weighted by Gasteiger charge is -2.24. The number of hydrogen-bond acceptors (Lipinski definition) is 7. The monoisotopic (exact) mass is 406 g/mol. The smallest absolute Gasteiger partial charge is 0.330 e. The first kappa shape index (κ1) is 21.7. The van der Waals surface area contributed by atoms with Gasteiger partial charge in [-0.05, 0) is 18.4 Å². The summed E-state index contributed by atoms with van der Waals surface area (Å²) < 4.78 is 1.31. The van der Waals surface area contributed by atoms with Gasteiger partial charge < -0.3 is 10.6 Å². The molecule has 0 spiro atoms. The fourth-order valence-corrected chi connectivity index (χ4v) is 3.31. The van der Waals surface area contributed by atoms with Crippen LogP contribution in [0.3, 0.4) is 0 Å². The zero-order valence-electron chi connectivity index (χ0n) is 16.3. The molecule has 0 saturated carbocycles. The van der Waals surface area contributed by atoms with E-state index in [1.165, 1.54) is 21.2 Å². The third-order valence-corrected chi connectivity index (χ3v) is 4.80. The summed E-state index contributed by atoms with van der Waals surface area (Å²) in [5.74, 6) is -0.0920. The van der Waals surface area contributed by atoms with Crippen molar-refractivity contribution >= 4 is 29.2 Å². The number of amides is 1. The average molecular weight is 407 g/mol. The van der Waals surface area contributed by atoms with E-state index in [4.69, 9.17) is 5.73 Å². The van der Waals surface area contributed by atoms with Gasteiger partial charge in [-0.2, -0.15) is 0 Å². The van der Waals surface area contributed by atoms with Crippen LogP contribution in [0.2, 0.25) is 0 Å². The summed E-state index contributed by atoms with van der Waals surface area (Å²) in [6.07, 6.45) is 4.72. The molecule has 2 aromatic heterocycles. The number of nitrogens with two attached hydrogens (primary N) is 1. The summed E-state index contributed by atoms with van der Waals surface area (Å²) in [5.41, 5.74) is 4.96. The molecule has 0 aliphatic heterocycles. The number of H-pyrrole nitrogens is 1. The Morgan fingerprint density at radius 1 is 1.32 bits per heavy atom. The fourth-order valence-electron chi connectivity index (χ4n) is 2.63. The van der Waals surface area contributed by atoms with Crippen molar-refractivity contribution in [2.75, 3.05) is 22.9 Å². The molecule has 0 bridgehead atoms. The van der Waals surface area contributed by atoms with Gasteiger partial charge in [-0.3, -0.25) is 19.1 Å². The number of nitrogens with one attached hydrogen (secondary N) is 1. The van der Waals surface area contributed by atoms with E-state index in [0.717, 1.165) is 6.42 Å². The highest BCUT2D eigenvalue weighted by atomic mass is 32.2. The molecule has 0 fully saturated rings. The van der Waals surface area contributed by atoms with Gasteiger partial charge in [-0.25, -0.2) is 14.8 Å². The predicted molar refractivity (Wildman–Crippen MR) is 111 cm³/mol. The lowest BCUT2D eigenvalue weighted by atomic mass is 10.2. The van der Waals surface area contributed by atoms with Gasteiger partial charge in [0.25, 0.3) is 5.56 Å². The number of aromatic amines is 1. The number of anilines is 2. The van der Waals surface area contributed by atoms with Gasteiger partial charge in [0.15, 0.2) is 10.8 Å². The van der Waals surface area contributed by atoms with E-state index in [9.17, 15) is 14.4 Å². The van der Waals surface area contributed by atoms with E-state index < -0.39 is 11.2 Å². The van der Waals surface area contributed by atoms with Crippen molar-refractivity contribution in [3.8, 4) is 0 Å². The number of nitrogens with zero attached hydrogens (tertiary/aromatic N) is 4. The number of thioether (sulfide) groups is 1. The molecule has 0 aliphatic carbocycles. The predicted octanol–water partition coefficient (Wildman–Crippen LogP) is 1.49.